The van der Waals surface area contributed by atoms with E-state index in [0.717, 1.165) is 55.9 Å². The van der Waals surface area contributed by atoms with Crippen LogP contribution in [0.4, 0.5) is 26.0 Å². The number of carbonyl (C=O) groups is 3. The maximum absolute atomic E-state index is 15.3. The van der Waals surface area contributed by atoms with Crippen LogP contribution < -0.4 is 10.2 Å². The molecule has 0 unspecified atom stereocenters. The first-order chi connectivity index (χ1) is 25.5. The fraction of sp³-hybridized carbons (Fsp3) is 0.475. The van der Waals surface area contributed by atoms with Crippen molar-refractivity contribution in [2.45, 2.75) is 89.3 Å². The van der Waals surface area contributed by atoms with Crippen LogP contribution in [0.25, 0.3) is 22.3 Å². The number of hydrogen-bond acceptors (Lipinski definition) is 8. The summed E-state index contributed by atoms with van der Waals surface area (Å²) in [5.41, 5.74) is 3.13. The van der Waals surface area contributed by atoms with Gasteiger partial charge in [-0.3, -0.25) is 9.59 Å². The summed E-state index contributed by atoms with van der Waals surface area (Å²) in [6.07, 6.45) is 8.39. The van der Waals surface area contributed by atoms with Gasteiger partial charge in [-0.15, -0.1) is 0 Å². The minimum atomic E-state index is -1.03. The third-order valence-electron chi connectivity index (χ3n) is 11.9. The number of pyridine rings is 1. The lowest BCUT2D eigenvalue weighted by atomic mass is 9.73. The molecule has 13 heteroatoms. The van der Waals surface area contributed by atoms with Crippen molar-refractivity contribution in [3.63, 3.8) is 0 Å². The van der Waals surface area contributed by atoms with Crippen molar-refractivity contribution < 1.29 is 27.9 Å². The fourth-order valence-electron chi connectivity index (χ4n) is 8.88. The highest BCUT2D eigenvalue weighted by Gasteiger charge is 2.55. The smallest absolute Gasteiger partial charge is 0.340 e. The van der Waals surface area contributed by atoms with Crippen LogP contribution >= 0.6 is 0 Å². The number of amides is 2. The quantitative estimate of drug-likeness (QED) is 0.209. The molecule has 1 saturated carbocycles. The van der Waals surface area contributed by atoms with Gasteiger partial charge in [0.25, 0.3) is 0 Å². The van der Waals surface area contributed by atoms with Crippen LogP contribution in [-0.4, -0.2) is 87.5 Å². The van der Waals surface area contributed by atoms with Crippen LogP contribution in [0.3, 0.4) is 0 Å². The van der Waals surface area contributed by atoms with Crippen LogP contribution in [0.1, 0.15) is 87.7 Å². The first-order valence-corrected chi connectivity index (χ1v) is 18.7. The van der Waals surface area contributed by atoms with E-state index in [2.05, 4.69) is 15.2 Å². The van der Waals surface area contributed by atoms with Gasteiger partial charge in [-0.2, -0.15) is 0 Å². The van der Waals surface area contributed by atoms with Crippen molar-refractivity contribution >= 4 is 46.0 Å². The molecule has 4 aliphatic rings. The molecule has 0 bridgehead atoms. The zero-order chi connectivity index (χ0) is 37.2. The predicted molar refractivity (Wildman–Crippen MR) is 197 cm³/mol. The van der Waals surface area contributed by atoms with Crippen LogP contribution in [-0.2, 0) is 19.7 Å². The number of nitrogens with zero attached hydrogens (tertiary/aromatic N) is 6. The van der Waals surface area contributed by atoms with Gasteiger partial charge in [0, 0.05) is 55.5 Å². The maximum Gasteiger partial charge on any atom is 0.340 e. The monoisotopic (exact) mass is 725 g/mol. The van der Waals surface area contributed by atoms with Crippen molar-refractivity contribution in [2.75, 3.05) is 43.5 Å². The largest absolute Gasteiger partial charge is 0.465 e. The van der Waals surface area contributed by atoms with Crippen molar-refractivity contribution in [1.82, 2.24) is 24.3 Å². The number of halogens is 2. The molecule has 53 heavy (non-hydrogen) atoms. The van der Waals surface area contributed by atoms with Crippen molar-refractivity contribution in [1.29, 1.82) is 0 Å². The van der Waals surface area contributed by atoms with Gasteiger partial charge in [-0.25, -0.2) is 23.5 Å². The van der Waals surface area contributed by atoms with E-state index in [1.807, 2.05) is 52.5 Å². The van der Waals surface area contributed by atoms with E-state index < -0.39 is 28.6 Å². The normalized spacial score (nSPS) is 21.3. The summed E-state index contributed by atoms with van der Waals surface area (Å²) >= 11 is 0. The molecule has 1 spiro atoms. The van der Waals surface area contributed by atoms with Crippen LogP contribution in [0, 0.1) is 11.6 Å². The van der Waals surface area contributed by atoms with E-state index in [1.54, 1.807) is 13.3 Å². The van der Waals surface area contributed by atoms with Crippen LogP contribution in [0.2, 0.25) is 0 Å². The van der Waals surface area contributed by atoms with E-state index in [1.165, 1.54) is 19.3 Å². The Kier molecular flexibility index (Phi) is 8.95. The average Bonchev–Trinajstić information content (AvgIpc) is 3.67. The molecule has 3 aliphatic heterocycles. The van der Waals surface area contributed by atoms with Gasteiger partial charge in [0.05, 0.1) is 41.3 Å². The lowest BCUT2D eigenvalue weighted by Crippen LogP contribution is -2.58. The van der Waals surface area contributed by atoms with Gasteiger partial charge in [0.15, 0.2) is 5.82 Å². The molecule has 5 heterocycles. The SMILES string of the molecule is COC(=O)c1cc(Nc2nc(-c3ccc4c(c3)N([C@H]3C[C@@H](N5CCCCC5)C3)C(=O)C43CCN(C(C)=O)CC3)cc3ncn(C(C)C)c23)c(F)cc1F. The van der Waals surface area contributed by atoms with E-state index in [4.69, 9.17) is 9.72 Å². The molecule has 3 fully saturated rings. The third kappa shape index (κ3) is 5.93. The summed E-state index contributed by atoms with van der Waals surface area (Å²) in [6.45, 7) is 8.84. The number of fused-ring (bicyclic) bond motifs is 3. The van der Waals surface area contributed by atoms with Gasteiger partial charge in [0.1, 0.15) is 17.2 Å². The fourth-order valence-corrected chi connectivity index (χ4v) is 8.88. The van der Waals surface area contributed by atoms with Crippen LogP contribution in [0.5, 0.6) is 0 Å². The van der Waals surface area contributed by atoms with Crippen molar-refractivity contribution in [2.24, 2.45) is 0 Å². The Morgan fingerprint density at radius 1 is 0.962 bits per heavy atom. The molecular formula is C40H45F2N7O4. The molecule has 278 valence electrons. The number of piperidine rings is 2. The summed E-state index contributed by atoms with van der Waals surface area (Å²) < 4.78 is 36.5. The molecule has 0 radical (unpaired) electrons. The summed E-state index contributed by atoms with van der Waals surface area (Å²) in [4.78, 5) is 55.4. The molecule has 8 rings (SSSR count). The van der Waals surface area contributed by atoms with E-state index in [-0.39, 0.29) is 35.4 Å². The lowest BCUT2D eigenvalue weighted by Gasteiger charge is -2.48. The number of hydrogen-bond donors (Lipinski definition) is 1. The number of carbonyl (C=O) groups excluding carboxylic acids is 3. The first kappa shape index (κ1) is 35.1. The Morgan fingerprint density at radius 3 is 2.38 bits per heavy atom. The zero-order valence-electron chi connectivity index (χ0n) is 30.6. The molecule has 11 nitrogen and oxygen atoms in total. The molecule has 2 aromatic heterocycles. The number of aromatic nitrogens is 3. The number of methoxy groups -OCH3 is 1. The topological polar surface area (TPSA) is 113 Å². The van der Waals surface area contributed by atoms with E-state index in [9.17, 15) is 18.8 Å². The molecular weight excluding hydrogens is 680 g/mol. The van der Waals surface area contributed by atoms with E-state index >= 15 is 4.39 Å². The standard InChI is InChI=1S/C40H45F2N7O4/c1-23(2)48-22-43-34-21-32(44-37(36(34)48)45-33-19-28(38(51)53-4)30(41)20-31(33)42)25-8-9-29-35(16-25)49(27-17-26(18-27)47-12-6-5-7-13-47)39(52)40(29)10-14-46(15-11-40)24(3)50/h8-9,16,19-23,26-27H,5-7,10-15,17-18H2,1-4H3,(H,44,45)/t26-,27+. The number of anilines is 3. The Labute approximate surface area is 307 Å². The highest BCUT2D eigenvalue weighted by molar-refractivity contribution is 6.09. The van der Waals surface area contributed by atoms with Gasteiger partial charge in [-0.05, 0) is 89.2 Å². The number of imidazole rings is 1. The lowest BCUT2D eigenvalue weighted by molar-refractivity contribution is -0.134. The molecule has 4 aromatic rings. The number of ether oxygens (including phenoxy) is 1. The second-order valence-electron chi connectivity index (χ2n) is 15.3. The van der Waals surface area contributed by atoms with Crippen molar-refractivity contribution in [3.05, 3.63) is 65.5 Å². The highest BCUT2D eigenvalue weighted by atomic mass is 19.1. The molecule has 2 aromatic carbocycles. The second-order valence-corrected chi connectivity index (χ2v) is 15.3. The summed E-state index contributed by atoms with van der Waals surface area (Å²) in [6, 6.07) is 10.2. The van der Waals surface area contributed by atoms with E-state index in [0.29, 0.717) is 54.8 Å². The maximum atomic E-state index is 15.3. The Bertz CT molecular complexity index is 2110. The molecule has 1 N–H and O–H groups in total. The van der Waals surface area contributed by atoms with Gasteiger partial charge >= 0.3 is 5.97 Å². The third-order valence-corrected chi connectivity index (χ3v) is 11.9. The highest BCUT2D eigenvalue weighted by Crippen LogP contribution is 2.52. The number of benzene rings is 2. The minimum absolute atomic E-state index is 0.0155. The Balaban J connectivity index is 1.20. The van der Waals surface area contributed by atoms with Gasteiger partial charge < -0.3 is 29.3 Å². The second kappa shape index (κ2) is 13.5. The number of esters is 1. The summed E-state index contributed by atoms with van der Waals surface area (Å²) in [7, 11) is 1.13. The van der Waals surface area contributed by atoms with Crippen LogP contribution in [0.15, 0.2) is 42.7 Å². The minimum Gasteiger partial charge on any atom is -0.465 e. The van der Waals surface area contributed by atoms with Gasteiger partial charge in [0.2, 0.25) is 11.8 Å². The molecule has 2 saturated heterocycles. The Hall–Kier alpha value is -4.91. The van der Waals surface area contributed by atoms with Crippen molar-refractivity contribution in [3.8, 4) is 11.3 Å². The molecule has 2 amide bonds. The summed E-state index contributed by atoms with van der Waals surface area (Å²) in [5, 5.41) is 3.03. The number of nitrogens with one attached hydrogen (secondary N) is 1. The number of likely N-dealkylation sites (tertiary alicyclic amines) is 2. The average molecular weight is 726 g/mol. The predicted octanol–water partition coefficient (Wildman–Crippen LogP) is 6.73. The Morgan fingerprint density at radius 2 is 1.70 bits per heavy atom. The number of rotatable bonds is 7. The zero-order valence-corrected chi connectivity index (χ0v) is 30.6. The molecule has 1 aliphatic carbocycles. The molecule has 0 atom stereocenters. The first-order valence-electron chi connectivity index (χ1n) is 18.7. The van der Waals surface area contributed by atoms with Gasteiger partial charge in [-0.1, -0.05) is 18.6 Å². The summed E-state index contributed by atoms with van der Waals surface area (Å²) in [5.74, 6) is -2.45.